The van der Waals surface area contributed by atoms with E-state index in [2.05, 4.69) is 21.2 Å². The van der Waals surface area contributed by atoms with Crippen LogP contribution in [-0.4, -0.2) is 25.0 Å². The zero-order valence-electron chi connectivity index (χ0n) is 12.9. The molecule has 2 rings (SSSR count). The van der Waals surface area contributed by atoms with E-state index in [1.807, 2.05) is 24.3 Å². The SMILES string of the molecule is COC(=O)C(Cc1ccc(Br)cc1)NC(=O)c1cc(Cl)ccc1N. The Bertz CT molecular complexity index is 750. The molecule has 3 N–H and O–H groups in total. The molecule has 1 atom stereocenters. The minimum atomic E-state index is -0.831. The molecule has 1 unspecified atom stereocenters. The van der Waals surface area contributed by atoms with Crippen LogP contribution in [0.15, 0.2) is 46.9 Å². The summed E-state index contributed by atoms with van der Waals surface area (Å²) < 4.78 is 5.71. The van der Waals surface area contributed by atoms with E-state index in [1.54, 1.807) is 12.1 Å². The van der Waals surface area contributed by atoms with E-state index in [4.69, 9.17) is 22.1 Å². The minimum absolute atomic E-state index is 0.215. The Kier molecular flexibility index (Phi) is 6.23. The van der Waals surface area contributed by atoms with E-state index in [1.165, 1.54) is 13.2 Å². The van der Waals surface area contributed by atoms with Crippen molar-refractivity contribution in [1.82, 2.24) is 5.32 Å². The number of hydrogen-bond acceptors (Lipinski definition) is 4. The van der Waals surface area contributed by atoms with Gasteiger partial charge in [-0.2, -0.15) is 0 Å². The van der Waals surface area contributed by atoms with E-state index in [9.17, 15) is 9.59 Å². The van der Waals surface area contributed by atoms with Gasteiger partial charge in [-0.05, 0) is 35.9 Å². The van der Waals surface area contributed by atoms with Crippen LogP contribution in [0.5, 0.6) is 0 Å². The third-order valence-corrected chi connectivity index (χ3v) is 4.17. The lowest BCUT2D eigenvalue weighted by Gasteiger charge is -2.17. The maximum atomic E-state index is 12.4. The molecular weight excluding hydrogens is 396 g/mol. The highest BCUT2D eigenvalue weighted by Gasteiger charge is 2.23. The zero-order chi connectivity index (χ0) is 17.7. The first-order valence-electron chi connectivity index (χ1n) is 7.09. The topological polar surface area (TPSA) is 81.4 Å². The molecule has 2 aromatic carbocycles. The number of carbonyl (C=O) groups is 2. The summed E-state index contributed by atoms with van der Waals surface area (Å²) in [5, 5.41) is 3.04. The Labute approximate surface area is 153 Å². The number of methoxy groups -OCH3 is 1. The molecular formula is C17H16BrClN2O3. The van der Waals surface area contributed by atoms with Crippen molar-refractivity contribution in [2.24, 2.45) is 0 Å². The van der Waals surface area contributed by atoms with E-state index in [0.717, 1.165) is 10.0 Å². The molecule has 0 aromatic heterocycles. The summed E-state index contributed by atoms with van der Waals surface area (Å²) in [5.41, 5.74) is 7.18. The average molecular weight is 412 g/mol. The van der Waals surface area contributed by atoms with Gasteiger partial charge in [0.1, 0.15) is 6.04 Å². The number of benzene rings is 2. The maximum absolute atomic E-state index is 12.4. The molecule has 0 radical (unpaired) electrons. The van der Waals surface area contributed by atoms with Crippen LogP contribution in [0.2, 0.25) is 5.02 Å². The molecule has 0 saturated carbocycles. The van der Waals surface area contributed by atoms with Gasteiger partial charge in [0.25, 0.3) is 5.91 Å². The summed E-state index contributed by atoms with van der Waals surface area (Å²) in [6.45, 7) is 0. The molecule has 0 aliphatic carbocycles. The van der Waals surface area contributed by atoms with Gasteiger partial charge in [0.2, 0.25) is 0 Å². The number of nitrogens with two attached hydrogens (primary N) is 1. The van der Waals surface area contributed by atoms with Crippen LogP contribution in [0, 0.1) is 0 Å². The van der Waals surface area contributed by atoms with Crippen LogP contribution in [0.3, 0.4) is 0 Å². The summed E-state index contributed by atoms with van der Waals surface area (Å²) in [6, 6.07) is 11.2. The number of anilines is 1. The van der Waals surface area contributed by atoms with Gasteiger partial charge in [-0.25, -0.2) is 4.79 Å². The highest BCUT2D eigenvalue weighted by atomic mass is 79.9. The fourth-order valence-corrected chi connectivity index (χ4v) is 2.59. The fourth-order valence-electron chi connectivity index (χ4n) is 2.15. The van der Waals surface area contributed by atoms with Crippen LogP contribution < -0.4 is 11.1 Å². The van der Waals surface area contributed by atoms with Gasteiger partial charge < -0.3 is 15.8 Å². The van der Waals surface area contributed by atoms with Gasteiger partial charge in [0.15, 0.2) is 0 Å². The van der Waals surface area contributed by atoms with Crippen molar-refractivity contribution in [2.75, 3.05) is 12.8 Å². The zero-order valence-corrected chi connectivity index (χ0v) is 15.2. The second kappa shape index (κ2) is 8.17. The van der Waals surface area contributed by atoms with E-state index >= 15 is 0 Å². The normalized spacial score (nSPS) is 11.6. The predicted octanol–water partition coefficient (Wildman–Crippen LogP) is 3.20. The minimum Gasteiger partial charge on any atom is -0.467 e. The average Bonchev–Trinajstić information content (AvgIpc) is 2.57. The Balaban J connectivity index is 2.19. The van der Waals surface area contributed by atoms with Gasteiger partial charge >= 0.3 is 5.97 Å². The molecule has 0 aliphatic heterocycles. The van der Waals surface area contributed by atoms with Crippen molar-refractivity contribution in [3.63, 3.8) is 0 Å². The highest BCUT2D eigenvalue weighted by molar-refractivity contribution is 9.10. The van der Waals surface area contributed by atoms with Crippen molar-refractivity contribution in [3.8, 4) is 0 Å². The second-order valence-electron chi connectivity index (χ2n) is 5.11. The third kappa shape index (κ3) is 4.72. The molecule has 5 nitrogen and oxygen atoms in total. The van der Waals surface area contributed by atoms with E-state index in [-0.39, 0.29) is 11.3 Å². The van der Waals surface area contributed by atoms with Crippen LogP contribution in [0.1, 0.15) is 15.9 Å². The first-order chi connectivity index (χ1) is 11.4. The lowest BCUT2D eigenvalue weighted by molar-refractivity contribution is -0.142. The molecule has 2 aromatic rings. The van der Waals surface area contributed by atoms with Gasteiger partial charge in [-0.1, -0.05) is 39.7 Å². The van der Waals surface area contributed by atoms with Crippen LogP contribution in [0.25, 0.3) is 0 Å². The standard InChI is InChI=1S/C17H16BrClN2O3/c1-24-17(23)15(8-10-2-4-11(18)5-3-10)21-16(22)13-9-12(19)6-7-14(13)20/h2-7,9,15H,8,20H2,1H3,(H,21,22). The molecule has 7 heteroatoms. The monoisotopic (exact) mass is 410 g/mol. The molecule has 0 aliphatic rings. The number of nitrogen functional groups attached to an aromatic ring is 1. The summed E-state index contributed by atoms with van der Waals surface area (Å²) in [7, 11) is 1.27. The second-order valence-corrected chi connectivity index (χ2v) is 6.46. The summed E-state index contributed by atoms with van der Waals surface area (Å²) >= 11 is 9.25. The number of ether oxygens (including phenoxy) is 1. The van der Waals surface area contributed by atoms with Crippen molar-refractivity contribution in [2.45, 2.75) is 12.5 Å². The summed E-state index contributed by atoms with van der Waals surface area (Å²) in [6.07, 6.45) is 0.298. The molecule has 0 fully saturated rings. The molecule has 0 spiro atoms. The van der Waals surface area contributed by atoms with Crippen LogP contribution in [-0.2, 0) is 16.0 Å². The Morgan fingerprint density at radius 3 is 2.54 bits per heavy atom. The quantitative estimate of drug-likeness (QED) is 0.585. The molecule has 126 valence electrons. The summed E-state index contributed by atoms with van der Waals surface area (Å²) in [5.74, 6) is -1.02. The maximum Gasteiger partial charge on any atom is 0.328 e. The largest absolute Gasteiger partial charge is 0.467 e. The smallest absolute Gasteiger partial charge is 0.328 e. The number of halogens is 2. The van der Waals surface area contributed by atoms with Crippen molar-refractivity contribution in [3.05, 3.63) is 63.1 Å². The van der Waals surface area contributed by atoms with Gasteiger partial charge in [0, 0.05) is 21.6 Å². The lowest BCUT2D eigenvalue weighted by atomic mass is 10.1. The predicted molar refractivity (Wildman–Crippen MR) is 97.0 cm³/mol. The fraction of sp³-hybridized carbons (Fsp3) is 0.176. The van der Waals surface area contributed by atoms with E-state index in [0.29, 0.717) is 11.4 Å². The van der Waals surface area contributed by atoms with Crippen molar-refractivity contribution < 1.29 is 14.3 Å². The molecule has 0 heterocycles. The first-order valence-corrected chi connectivity index (χ1v) is 8.26. The molecule has 0 saturated heterocycles. The number of esters is 1. The molecule has 1 amide bonds. The van der Waals surface area contributed by atoms with Crippen molar-refractivity contribution >= 4 is 45.1 Å². The number of amides is 1. The lowest BCUT2D eigenvalue weighted by Crippen LogP contribution is -2.43. The Morgan fingerprint density at radius 1 is 1.25 bits per heavy atom. The van der Waals surface area contributed by atoms with E-state index < -0.39 is 17.9 Å². The number of hydrogen-bond donors (Lipinski definition) is 2. The molecule has 24 heavy (non-hydrogen) atoms. The van der Waals surface area contributed by atoms with Gasteiger partial charge in [0.05, 0.1) is 12.7 Å². The number of carbonyl (C=O) groups excluding carboxylic acids is 2. The van der Waals surface area contributed by atoms with Crippen LogP contribution in [0.4, 0.5) is 5.69 Å². The Hall–Kier alpha value is -2.05. The number of rotatable bonds is 5. The van der Waals surface area contributed by atoms with Gasteiger partial charge in [-0.15, -0.1) is 0 Å². The Morgan fingerprint density at radius 2 is 1.92 bits per heavy atom. The highest BCUT2D eigenvalue weighted by Crippen LogP contribution is 2.18. The number of nitrogens with one attached hydrogen (secondary N) is 1. The third-order valence-electron chi connectivity index (χ3n) is 3.40. The first kappa shape index (κ1) is 18.3. The summed E-state index contributed by atoms with van der Waals surface area (Å²) in [4.78, 5) is 24.4. The van der Waals surface area contributed by atoms with Gasteiger partial charge in [-0.3, -0.25) is 4.79 Å². The van der Waals surface area contributed by atoms with Crippen LogP contribution >= 0.6 is 27.5 Å². The van der Waals surface area contributed by atoms with Crippen molar-refractivity contribution in [1.29, 1.82) is 0 Å². The molecule has 0 bridgehead atoms.